The van der Waals surface area contributed by atoms with Gasteiger partial charge in [0.05, 0.1) is 17.8 Å². The number of halogens is 1. The Bertz CT molecular complexity index is 1240. The lowest BCUT2D eigenvalue weighted by molar-refractivity contribution is 0.383. The van der Waals surface area contributed by atoms with Crippen molar-refractivity contribution < 1.29 is 9.13 Å². The van der Waals surface area contributed by atoms with Crippen LogP contribution in [0.5, 0.6) is 11.8 Å². The van der Waals surface area contributed by atoms with Crippen LogP contribution in [0.1, 0.15) is 19.2 Å². The molecule has 4 aromatic rings. The van der Waals surface area contributed by atoms with E-state index in [1.165, 1.54) is 12.1 Å². The van der Waals surface area contributed by atoms with E-state index in [1.54, 1.807) is 25.4 Å². The average Bonchev–Trinajstić information content (AvgIpc) is 3.30. The molecule has 0 bridgehead atoms. The van der Waals surface area contributed by atoms with Crippen molar-refractivity contribution in [3.8, 4) is 11.8 Å². The molecule has 0 amide bonds. The van der Waals surface area contributed by atoms with Crippen molar-refractivity contribution in [2.24, 2.45) is 11.1 Å². The Morgan fingerprint density at radius 2 is 2.07 bits per heavy atom. The quantitative estimate of drug-likeness (QED) is 0.534. The SMILES string of the molecule is Cc1ncc(Oc2nc(N3CCC(C)(CN)C3)c3c(n2)[nH]c2ccc(F)cc23)cn1. The van der Waals surface area contributed by atoms with Gasteiger partial charge < -0.3 is 20.4 Å². The predicted molar refractivity (Wildman–Crippen MR) is 112 cm³/mol. The van der Waals surface area contributed by atoms with E-state index in [-0.39, 0.29) is 17.2 Å². The number of benzene rings is 1. The zero-order valence-electron chi connectivity index (χ0n) is 16.8. The summed E-state index contributed by atoms with van der Waals surface area (Å²) < 4.78 is 19.9. The number of rotatable bonds is 4. The monoisotopic (exact) mass is 407 g/mol. The van der Waals surface area contributed by atoms with Gasteiger partial charge in [-0.25, -0.2) is 14.4 Å². The highest BCUT2D eigenvalue weighted by Gasteiger charge is 2.34. The molecule has 5 rings (SSSR count). The van der Waals surface area contributed by atoms with Crippen molar-refractivity contribution in [3.05, 3.63) is 42.2 Å². The van der Waals surface area contributed by atoms with E-state index in [1.807, 2.05) is 0 Å². The lowest BCUT2D eigenvalue weighted by atomic mass is 9.90. The van der Waals surface area contributed by atoms with E-state index >= 15 is 0 Å². The molecule has 1 fully saturated rings. The first-order valence-corrected chi connectivity index (χ1v) is 9.85. The number of nitrogens with one attached hydrogen (secondary N) is 1. The maximum Gasteiger partial charge on any atom is 0.326 e. The molecule has 154 valence electrons. The second-order valence-electron chi connectivity index (χ2n) is 8.12. The van der Waals surface area contributed by atoms with E-state index in [0.29, 0.717) is 29.6 Å². The van der Waals surface area contributed by atoms with Gasteiger partial charge >= 0.3 is 6.01 Å². The lowest BCUT2D eigenvalue weighted by Crippen LogP contribution is -2.31. The molecule has 1 aliphatic rings. The van der Waals surface area contributed by atoms with Crippen molar-refractivity contribution in [1.82, 2.24) is 24.9 Å². The smallest absolute Gasteiger partial charge is 0.326 e. The molecule has 8 nitrogen and oxygen atoms in total. The van der Waals surface area contributed by atoms with Gasteiger partial charge in [-0.3, -0.25) is 0 Å². The highest BCUT2D eigenvalue weighted by Crippen LogP contribution is 2.38. The molecular weight excluding hydrogens is 385 g/mol. The van der Waals surface area contributed by atoms with Crippen molar-refractivity contribution in [1.29, 1.82) is 0 Å². The number of aromatic amines is 1. The van der Waals surface area contributed by atoms with Crippen molar-refractivity contribution in [2.45, 2.75) is 20.3 Å². The number of nitrogens with two attached hydrogens (primary N) is 1. The Morgan fingerprint density at radius 1 is 1.27 bits per heavy atom. The molecule has 30 heavy (non-hydrogen) atoms. The topological polar surface area (TPSA) is 106 Å². The van der Waals surface area contributed by atoms with Crippen LogP contribution in [0, 0.1) is 18.2 Å². The Balaban J connectivity index is 1.66. The minimum Gasteiger partial charge on any atom is -0.421 e. The molecule has 0 saturated carbocycles. The largest absolute Gasteiger partial charge is 0.421 e. The van der Waals surface area contributed by atoms with Gasteiger partial charge in [0.15, 0.2) is 5.75 Å². The van der Waals surface area contributed by atoms with Gasteiger partial charge in [0.2, 0.25) is 0 Å². The third kappa shape index (κ3) is 3.21. The number of hydrogen-bond donors (Lipinski definition) is 2. The number of aromatic nitrogens is 5. The number of fused-ring (bicyclic) bond motifs is 3. The zero-order valence-corrected chi connectivity index (χ0v) is 16.8. The van der Waals surface area contributed by atoms with E-state index in [2.05, 4.69) is 31.8 Å². The molecule has 1 unspecified atom stereocenters. The standard InChI is InChI=1S/C21H22FN7O/c1-12-24-8-14(9-25-12)30-20-27-18-17(15-7-13(22)3-4-16(15)26-18)19(28-20)29-6-5-21(2,10-23)11-29/h3-4,7-9H,5-6,10-11,23H2,1-2H3,(H,26,27,28). The summed E-state index contributed by atoms with van der Waals surface area (Å²) >= 11 is 0. The van der Waals surface area contributed by atoms with Gasteiger partial charge in [0, 0.05) is 24.0 Å². The molecule has 9 heteroatoms. The van der Waals surface area contributed by atoms with E-state index in [9.17, 15) is 4.39 Å². The molecule has 1 atom stereocenters. The zero-order chi connectivity index (χ0) is 20.9. The van der Waals surface area contributed by atoms with Crippen LogP contribution < -0.4 is 15.4 Å². The van der Waals surface area contributed by atoms with Gasteiger partial charge in [-0.1, -0.05) is 6.92 Å². The summed E-state index contributed by atoms with van der Waals surface area (Å²) in [4.78, 5) is 23.0. The Labute approximate surface area is 172 Å². The van der Waals surface area contributed by atoms with Gasteiger partial charge in [-0.15, -0.1) is 0 Å². The Morgan fingerprint density at radius 3 is 2.80 bits per heavy atom. The second-order valence-corrected chi connectivity index (χ2v) is 8.12. The fraction of sp³-hybridized carbons (Fsp3) is 0.333. The minimum atomic E-state index is -0.306. The first-order chi connectivity index (χ1) is 14.4. The van der Waals surface area contributed by atoms with E-state index < -0.39 is 0 Å². The first kappa shape index (κ1) is 18.7. The summed E-state index contributed by atoms with van der Waals surface area (Å²) in [6, 6.07) is 4.82. The number of aryl methyl sites for hydroxylation is 1. The molecule has 3 aromatic heterocycles. The Kier molecular flexibility index (Phi) is 4.28. The fourth-order valence-corrected chi connectivity index (χ4v) is 3.91. The molecule has 0 spiro atoms. The van der Waals surface area contributed by atoms with Crippen LogP contribution in [-0.4, -0.2) is 44.6 Å². The maximum absolute atomic E-state index is 14.0. The highest BCUT2D eigenvalue weighted by atomic mass is 19.1. The average molecular weight is 407 g/mol. The molecule has 4 heterocycles. The molecule has 3 N–H and O–H groups in total. The van der Waals surface area contributed by atoms with Crippen LogP contribution in [0.3, 0.4) is 0 Å². The normalized spacial score (nSPS) is 19.1. The molecule has 1 aromatic carbocycles. The van der Waals surface area contributed by atoms with Crippen LogP contribution in [0.4, 0.5) is 10.2 Å². The summed E-state index contributed by atoms with van der Waals surface area (Å²) in [5, 5.41) is 1.52. The molecular formula is C21H22FN7O. The predicted octanol–water partition coefficient (Wildman–Crippen LogP) is 3.32. The molecule has 1 saturated heterocycles. The van der Waals surface area contributed by atoms with Crippen LogP contribution in [0.25, 0.3) is 21.9 Å². The summed E-state index contributed by atoms with van der Waals surface area (Å²) in [7, 11) is 0. The van der Waals surface area contributed by atoms with Gasteiger partial charge in [0.25, 0.3) is 0 Å². The van der Waals surface area contributed by atoms with E-state index in [4.69, 9.17) is 15.5 Å². The van der Waals surface area contributed by atoms with Crippen molar-refractivity contribution in [2.75, 3.05) is 24.5 Å². The van der Waals surface area contributed by atoms with Gasteiger partial charge in [0.1, 0.15) is 23.1 Å². The number of ether oxygens (including phenoxy) is 1. The lowest BCUT2D eigenvalue weighted by Gasteiger charge is -2.23. The minimum absolute atomic E-state index is 0.000448. The number of anilines is 1. The summed E-state index contributed by atoms with van der Waals surface area (Å²) in [6.07, 6.45) is 4.11. The Hall–Kier alpha value is -3.33. The number of nitrogens with zero attached hydrogens (tertiary/aromatic N) is 5. The number of hydrogen-bond acceptors (Lipinski definition) is 7. The third-order valence-electron chi connectivity index (χ3n) is 5.69. The second kappa shape index (κ2) is 6.88. The number of H-pyrrole nitrogens is 1. The maximum atomic E-state index is 14.0. The van der Waals surface area contributed by atoms with Crippen LogP contribution >= 0.6 is 0 Å². The third-order valence-corrected chi connectivity index (χ3v) is 5.69. The first-order valence-electron chi connectivity index (χ1n) is 9.85. The van der Waals surface area contributed by atoms with Gasteiger partial charge in [-0.05, 0) is 43.5 Å². The molecule has 0 aliphatic carbocycles. The van der Waals surface area contributed by atoms with Crippen LogP contribution in [-0.2, 0) is 0 Å². The van der Waals surface area contributed by atoms with Gasteiger partial charge in [-0.2, -0.15) is 9.97 Å². The fourth-order valence-electron chi connectivity index (χ4n) is 3.91. The summed E-state index contributed by atoms with van der Waals surface area (Å²) in [5.41, 5.74) is 7.38. The summed E-state index contributed by atoms with van der Waals surface area (Å²) in [6.45, 7) is 6.11. The van der Waals surface area contributed by atoms with Crippen molar-refractivity contribution in [3.63, 3.8) is 0 Å². The van der Waals surface area contributed by atoms with E-state index in [0.717, 1.165) is 35.8 Å². The molecule has 0 radical (unpaired) electrons. The van der Waals surface area contributed by atoms with Crippen molar-refractivity contribution >= 4 is 27.8 Å². The highest BCUT2D eigenvalue weighted by molar-refractivity contribution is 6.11. The van der Waals surface area contributed by atoms with Crippen LogP contribution in [0.2, 0.25) is 0 Å². The molecule has 1 aliphatic heterocycles. The van der Waals surface area contributed by atoms with Crippen LogP contribution in [0.15, 0.2) is 30.6 Å². The summed E-state index contributed by atoms with van der Waals surface area (Å²) in [5.74, 6) is 1.49.